The molecule has 2 aliphatic heterocycles. The van der Waals surface area contributed by atoms with E-state index in [1.165, 1.54) is 4.90 Å². The molecular formula is C13H20N2O3S. The van der Waals surface area contributed by atoms with Crippen molar-refractivity contribution < 1.29 is 14.4 Å². The minimum atomic E-state index is -1.06. The monoisotopic (exact) mass is 284 g/mol. The van der Waals surface area contributed by atoms with E-state index in [0.717, 1.165) is 17.9 Å². The van der Waals surface area contributed by atoms with Crippen LogP contribution in [0.15, 0.2) is 0 Å². The molecule has 106 valence electrons. The zero-order valence-corrected chi connectivity index (χ0v) is 12.2. The van der Waals surface area contributed by atoms with Crippen LogP contribution in [-0.4, -0.2) is 40.8 Å². The second-order valence-electron chi connectivity index (χ2n) is 5.19. The molecule has 6 heteroatoms. The Balaban J connectivity index is 2.20. The van der Waals surface area contributed by atoms with Gasteiger partial charge < -0.3 is 0 Å². The second kappa shape index (κ2) is 5.53. The lowest BCUT2D eigenvalue weighted by atomic mass is 9.78. The van der Waals surface area contributed by atoms with E-state index in [-0.39, 0.29) is 5.91 Å². The number of nitrogens with one attached hydrogen (secondary N) is 1. The first kappa shape index (κ1) is 14.4. The van der Waals surface area contributed by atoms with Crippen LogP contribution in [0, 0.1) is 11.3 Å². The van der Waals surface area contributed by atoms with Gasteiger partial charge in [-0.3, -0.25) is 19.8 Å². The normalized spacial score (nSPS) is 26.7. The van der Waals surface area contributed by atoms with Crippen LogP contribution in [-0.2, 0) is 9.59 Å². The number of hydrogen-bond donors (Lipinski definition) is 1. The Bertz CT molecular complexity index is 401. The van der Waals surface area contributed by atoms with Crippen molar-refractivity contribution in [1.82, 2.24) is 10.2 Å². The van der Waals surface area contributed by atoms with Gasteiger partial charge in [0, 0.05) is 6.54 Å². The van der Waals surface area contributed by atoms with Crippen LogP contribution < -0.4 is 5.32 Å². The number of carbonyl (C=O) groups is 3. The summed E-state index contributed by atoms with van der Waals surface area (Å²) in [5.41, 5.74) is -1.06. The standard InChI is InChI=1S/C13H20N2O3S/c1-3-13(4-2)10(16)14-12(18)15(11(13)17)7-9-5-6-19-8-9/h9H,3-8H2,1-2H3,(H,14,16,18). The molecule has 1 N–H and O–H groups in total. The van der Waals surface area contributed by atoms with Crippen molar-refractivity contribution in [1.29, 1.82) is 0 Å². The van der Waals surface area contributed by atoms with E-state index < -0.39 is 17.4 Å². The molecule has 2 rings (SSSR count). The number of thioether (sulfide) groups is 1. The quantitative estimate of drug-likeness (QED) is 0.797. The third-order valence-corrected chi connectivity index (χ3v) is 5.46. The number of amides is 4. The van der Waals surface area contributed by atoms with Gasteiger partial charge in [-0.05, 0) is 36.7 Å². The summed E-state index contributed by atoms with van der Waals surface area (Å²) in [6, 6.07) is -0.551. The molecule has 1 unspecified atom stereocenters. The van der Waals surface area contributed by atoms with Crippen molar-refractivity contribution in [3.05, 3.63) is 0 Å². The maximum Gasteiger partial charge on any atom is 0.330 e. The molecule has 2 heterocycles. The molecule has 2 fully saturated rings. The zero-order valence-electron chi connectivity index (χ0n) is 11.4. The average molecular weight is 284 g/mol. The van der Waals surface area contributed by atoms with Gasteiger partial charge in [0.1, 0.15) is 5.41 Å². The Morgan fingerprint density at radius 2 is 2.00 bits per heavy atom. The molecule has 0 aromatic carbocycles. The van der Waals surface area contributed by atoms with Gasteiger partial charge >= 0.3 is 6.03 Å². The first-order valence-corrected chi connectivity index (χ1v) is 7.95. The maximum atomic E-state index is 12.6. The predicted molar refractivity (Wildman–Crippen MR) is 73.7 cm³/mol. The molecule has 0 bridgehead atoms. The number of carbonyl (C=O) groups excluding carboxylic acids is 3. The van der Waals surface area contributed by atoms with Crippen molar-refractivity contribution in [3.8, 4) is 0 Å². The summed E-state index contributed by atoms with van der Waals surface area (Å²) in [5.74, 6) is 1.67. The van der Waals surface area contributed by atoms with Crippen molar-refractivity contribution in [2.45, 2.75) is 33.1 Å². The number of rotatable bonds is 4. The van der Waals surface area contributed by atoms with Gasteiger partial charge in [0.2, 0.25) is 11.8 Å². The number of hydrogen-bond acceptors (Lipinski definition) is 4. The van der Waals surface area contributed by atoms with E-state index in [0.29, 0.717) is 25.3 Å². The van der Waals surface area contributed by atoms with Crippen LogP contribution in [0.4, 0.5) is 4.79 Å². The summed E-state index contributed by atoms with van der Waals surface area (Å²) >= 11 is 1.85. The van der Waals surface area contributed by atoms with Crippen LogP contribution >= 0.6 is 11.8 Å². The third kappa shape index (κ3) is 2.38. The maximum absolute atomic E-state index is 12.6. The van der Waals surface area contributed by atoms with Gasteiger partial charge in [-0.15, -0.1) is 0 Å². The summed E-state index contributed by atoms with van der Waals surface area (Å²) in [5, 5.41) is 2.35. The second-order valence-corrected chi connectivity index (χ2v) is 6.34. The lowest BCUT2D eigenvalue weighted by Gasteiger charge is -2.39. The van der Waals surface area contributed by atoms with E-state index in [9.17, 15) is 14.4 Å². The van der Waals surface area contributed by atoms with E-state index >= 15 is 0 Å². The first-order valence-electron chi connectivity index (χ1n) is 6.80. The Hall–Kier alpha value is -1.04. The Kier molecular flexibility index (Phi) is 4.18. The Morgan fingerprint density at radius 1 is 1.32 bits per heavy atom. The van der Waals surface area contributed by atoms with Gasteiger partial charge in [0.25, 0.3) is 0 Å². The summed E-state index contributed by atoms with van der Waals surface area (Å²) in [6.45, 7) is 4.08. The Morgan fingerprint density at radius 3 is 2.53 bits per heavy atom. The predicted octanol–water partition coefficient (Wildman–Crippen LogP) is 1.62. The van der Waals surface area contributed by atoms with Gasteiger partial charge in [-0.25, -0.2) is 4.79 Å². The minimum absolute atomic E-state index is 0.317. The fourth-order valence-corrected chi connectivity index (χ4v) is 4.03. The van der Waals surface area contributed by atoms with Gasteiger partial charge in [-0.2, -0.15) is 11.8 Å². The first-order chi connectivity index (χ1) is 9.05. The molecular weight excluding hydrogens is 264 g/mol. The van der Waals surface area contributed by atoms with Crippen LogP contribution in [0.5, 0.6) is 0 Å². The number of imide groups is 2. The average Bonchev–Trinajstić information content (AvgIpc) is 2.89. The van der Waals surface area contributed by atoms with Gasteiger partial charge in [-0.1, -0.05) is 13.8 Å². The molecule has 4 amide bonds. The minimum Gasteiger partial charge on any atom is -0.277 e. The van der Waals surface area contributed by atoms with E-state index in [1.807, 2.05) is 25.6 Å². The molecule has 0 aromatic heterocycles. The van der Waals surface area contributed by atoms with Crippen LogP contribution in [0.3, 0.4) is 0 Å². The van der Waals surface area contributed by atoms with E-state index in [1.54, 1.807) is 0 Å². The van der Waals surface area contributed by atoms with E-state index in [4.69, 9.17) is 0 Å². The number of barbiturate groups is 1. The molecule has 0 radical (unpaired) electrons. The Labute approximate surface area is 117 Å². The topological polar surface area (TPSA) is 66.5 Å². The molecule has 1 atom stereocenters. The highest BCUT2D eigenvalue weighted by Crippen LogP contribution is 2.34. The molecule has 0 aromatic rings. The van der Waals surface area contributed by atoms with Crippen LogP contribution in [0.25, 0.3) is 0 Å². The van der Waals surface area contributed by atoms with E-state index in [2.05, 4.69) is 5.32 Å². The highest BCUT2D eigenvalue weighted by atomic mass is 32.2. The largest absolute Gasteiger partial charge is 0.330 e. The molecule has 19 heavy (non-hydrogen) atoms. The number of nitrogens with zero attached hydrogens (tertiary/aromatic N) is 1. The lowest BCUT2D eigenvalue weighted by Crippen LogP contribution is -2.64. The summed E-state index contributed by atoms with van der Waals surface area (Å²) in [7, 11) is 0. The van der Waals surface area contributed by atoms with Gasteiger partial charge in [0.05, 0.1) is 0 Å². The molecule has 0 spiro atoms. The van der Waals surface area contributed by atoms with Crippen molar-refractivity contribution in [3.63, 3.8) is 0 Å². The highest BCUT2D eigenvalue weighted by molar-refractivity contribution is 7.99. The smallest absolute Gasteiger partial charge is 0.277 e. The molecule has 2 aliphatic rings. The summed E-state index contributed by atoms with van der Waals surface area (Å²) < 4.78 is 0. The summed E-state index contributed by atoms with van der Waals surface area (Å²) in [4.78, 5) is 37.7. The molecule has 0 aliphatic carbocycles. The molecule has 5 nitrogen and oxygen atoms in total. The SMILES string of the molecule is CCC1(CC)C(=O)NC(=O)N(CC2CCSC2)C1=O. The zero-order chi connectivity index (χ0) is 14.0. The van der Waals surface area contributed by atoms with Crippen LogP contribution in [0.1, 0.15) is 33.1 Å². The highest BCUT2D eigenvalue weighted by Gasteiger charge is 2.51. The van der Waals surface area contributed by atoms with Crippen molar-refractivity contribution >= 4 is 29.6 Å². The van der Waals surface area contributed by atoms with Gasteiger partial charge in [0.15, 0.2) is 0 Å². The fourth-order valence-electron chi connectivity index (χ4n) is 2.76. The van der Waals surface area contributed by atoms with Crippen molar-refractivity contribution in [2.75, 3.05) is 18.1 Å². The third-order valence-electron chi connectivity index (χ3n) is 4.23. The summed E-state index contributed by atoms with van der Waals surface area (Å²) in [6.07, 6.45) is 1.88. The molecule has 2 saturated heterocycles. The molecule has 0 saturated carbocycles. The lowest BCUT2D eigenvalue weighted by molar-refractivity contribution is -0.152. The number of urea groups is 1. The van der Waals surface area contributed by atoms with Crippen LogP contribution in [0.2, 0.25) is 0 Å². The fraction of sp³-hybridized carbons (Fsp3) is 0.769. The van der Waals surface area contributed by atoms with Crippen molar-refractivity contribution in [2.24, 2.45) is 11.3 Å².